The summed E-state index contributed by atoms with van der Waals surface area (Å²) in [4.78, 5) is 0. The zero-order valence-electron chi connectivity index (χ0n) is 6.32. The highest BCUT2D eigenvalue weighted by atomic mass is 28.4. The minimum atomic E-state index is -1.35. The molecular weight excluding hydrogens is 164 g/mol. The van der Waals surface area contributed by atoms with E-state index in [2.05, 4.69) is 30.1 Å². The van der Waals surface area contributed by atoms with Crippen molar-refractivity contribution in [3.05, 3.63) is 0 Å². The molecule has 0 N–H and O–H groups in total. The summed E-state index contributed by atoms with van der Waals surface area (Å²) in [5, 5.41) is 0. The van der Waals surface area contributed by atoms with Gasteiger partial charge in [-0.1, -0.05) is 0 Å². The van der Waals surface area contributed by atoms with Gasteiger partial charge in [0.1, 0.15) is 0 Å². The molecular formula is C4H12O2Si3. The molecule has 0 amide bonds. The second-order valence-electron chi connectivity index (χ2n) is 2.81. The van der Waals surface area contributed by atoms with Crippen molar-refractivity contribution in [3.8, 4) is 0 Å². The van der Waals surface area contributed by atoms with Crippen LogP contribution in [0.3, 0.4) is 0 Å². The Bertz CT molecular complexity index is 80.4. The minimum Gasteiger partial charge on any atom is -0.436 e. The SMILES string of the molecule is C[Si](O[Si])O[Si](C)(C)C. The third-order valence-corrected chi connectivity index (χ3v) is 5.34. The van der Waals surface area contributed by atoms with E-state index in [1.165, 1.54) is 0 Å². The van der Waals surface area contributed by atoms with Crippen molar-refractivity contribution in [2.45, 2.75) is 26.2 Å². The van der Waals surface area contributed by atoms with Gasteiger partial charge in [-0.15, -0.1) is 0 Å². The van der Waals surface area contributed by atoms with E-state index < -0.39 is 17.6 Å². The Morgan fingerprint density at radius 2 is 1.78 bits per heavy atom. The zero-order valence-corrected chi connectivity index (χ0v) is 9.32. The first-order valence-corrected chi connectivity index (χ1v) is 8.45. The maximum atomic E-state index is 5.56. The Morgan fingerprint density at radius 1 is 1.33 bits per heavy atom. The predicted octanol–water partition coefficient (Wildman–Crippen LogP) is 1.06. The Hall–Kier alpha value is 0.571. The largest absolute Gasteiger partial charge is 0.436 e. The maximum absolute atomic E-state index is 5.56. The molecule has 0 unspecified atom stereocenters. The van der Waals surface area contributed by atoms with E-state index in [-0.39, 0.29) is 0 Å². The maximum Gasteiger partial charge on any atom is 0.358 e. The monoisotopic (exact) mass is 176 g/mol. The molecule has 0 aliphatic rings. The fraction of sp³-hybridized carbons (Fsp3) is 1.00. The van der Waals surface area contributed by atoms with Gasteiger partial charge in [0.15, 0.2) is 8.32 Å². The normalized spacial score (nSPS) is 12.7. The van der Waals surface area contributed by atoms with E-state index in [1.807, 2.05) is 6.55 Å². The number of hydrogen-bond donors (Lipinski definition) is 0. The highest BCUT2D eigenvalue weighted by Crippen LogP contribution is 2.04. The topological polar surface area (TPSA) is 18.5 Å². The third-order valence-electron chi connectivity index (χ3n) is 0.594. The first-order chi connectivity index (χ1) is 3.95. The number of rotatable bonds is 3. The van der Waals surface area contributed by atoms with Gasteiger partial charge in [0.05, 0.1) is 0 Å². The van der Waals surface area contributed by atoms with Gasteiger partial charge >= 0.3 is 9.28 Å². The molecule has 5 heteroatoms. The van der Waals surface area contributed by atoms with Crippen LogP contribution in [0.1, 0.15) is 0 Å². The second-order valence-corrected chi connectivity index (χ2v) is 9.65. The molecule has 0 aliphatic carbocycles. The summed E-state index contributed by atoms with van der Waals surface area (Å²) in [6.45, 7) is 8.40. The molecule has 0 heterocycles. The second kappa shape index (κ2) is 3.67. The molecule has 0 spiro atoms. The molecule has 9 heavy (non-hydrogen) atoms. The highest BCUT2D eigenvalue weighted by molar-refractivity contribution is 6.76. The van der Waals surface area contributed by atoms with Gasteiger partial charge in [-0.2, -0.15) is 0 Å². The quantitative estimate of drug-likeness (QED) is 0.599. The van der Waals surface area contributed by atoms with Crippen LogP contribution in [-0.2, 0) is 8.23 Å². The highest BCUT2D eigenvalue weighted by Gasteiger charge is 2.19. The van der Waals surface area contributed by atoms with Crippen LogP contribution >= 0.6 is 0 Å². The van der Waals surface area contributed by atoms with Crippen LogP contribution in [0.2, 0.25) is 26.2 Å². The van der Waals surface area contributed by atoms with Crippen LogP contribution in [0.15, 0.2) is 0 Å². The van der Waals surface area contributed by atoms with Gasteiger partial charge in [0.25, 0.3) is 0 Å². The lowest BCUT2D eigenvalue weighted by molar-refractivity contribution is 0.452. The molecule has 0 aromatic carbocycles. The molecule has 0 aromatic rings. The molecule has 0 bridgehead atoms. The van der Waals surface area contributed by atoms with Crippen molar-refractivity contribution in [1.82, 2.24) is 0 Å². The van der Waals surface area contributed by atoms with E-state index >= 15 is 0 Å². The smallest absolute Gasteiger partial charge is 0.358 e. The summed E-state index contributed by atoms with van der Waals surface area (Å²) >= 11 is 0. The lowest BCUT2D eigenvalue weighted by atomic mass is 11.8. The Labute approximate surface area is 63.1 Å². The van der Waals surface area contributed by atoms with Gasteiger partial charge < -0.3 is 8.23 Å². The Morgan fingerprint density at radius 3 is 1.89 bits per heavy atom. The molecule has 4 radical (unpaired) electrons. The van der Waals surface area contributed by atoms with Crippen molar-refractivity contribution >= 4 is 28.1 Å². The molecule has 0 aliphatic heterocycles. The van der Waals surface area contributed by atoms with E-state index in [4.69, 9.17) is 8.23 Å². The summed E-state index contributed by atoms with van der Waals surface area (Å²) in [5.74, 6) is 0. The van der Waals surface area contributed by atoms with E-state index in [0.717, 1.165) is 0 Å². The van der Waals surface area contributed by atoms with Crippen LogP contribution in [0, 0.1) is 0 Å². The van der Waals surface area contributed by atoms with Gasteiger partial charge in [-0.25, -0.2) is 0 Å². The van der Waals surface area contributed by atoms with Gasteiger partial charge in [-0.3, -0.25) is 0 Å². The summed E-state index contributed by atoms with van der Waals surface area (Å²) in [5.41, 5.74) is 0. The van der Waals surface area contributed by atoms with Crippen molar-refractivity contribution < 1.29 is 8.23 Å². The molecule has 52 valence electrons. The lowest BCUT2D eigenvalue weighted by Crippen LogP contribution is -2.34. The van der Waals surface area contributed by atoms with Gasteiger partial charge in [0.2, 0.25) is 10.5 Å². The van der Waals surface area contributed by atoms with Crippen LogP contribution < -0.4 is 0 Å². The predicted molar refractivity (Wildman–Crippen MR) is 42.9 cm³/mol. The average Bonchev–Trinajstić information content (AvgIpc) is 1.62. The molecule has 0 rings (SSSR count). The Kier molecular flexibility index (Phi) is 3.90. The fourth-order valence-corrected chi connectivity index (χ4v) is 4.44. The summed E-state index contributed by atoms with van der Waals surface area (Å²) in [6, 6.07) is 0. The molecule has 0 atom stereocenters. The van der Waals surface area contributed by atoms with E-state index in [0.29, 0.717) is 0 Å². The standard InChI is InChI=1S/C4H12O2Si3/c1-8(5-7)6-9(2,3)4/h1-4H3. The molecule has 2 nitrogen and oxygen atoms in total. The lowest BCUT2D eigenvalue weighted by Gasteiger charge is -2.20. The van der Waals surface area contributed by atoms with Gasteiger partial charge in [-0.05, 0) is 26.2 Å². The van der Waals surface area contributed by atoms with Crippen LogP contribution in [0.5, 0.6) is 0 Å². The first-order valence-electron chi connectivity index (χ1n) is 2.82. The summed E-state index contributed by atoms with van der Waals surface area (Å²) < 4.78 is 10.4. The van der Waals surface area contributed by atoms with Crippen LogP contribution in [0.4, 0.5) is 0 Å². The molecule has 0 aromatic heterocycles. The molecule has 0 fully saturated rings. The number of hydrogen-bond acceptors (Lipinski definition) is 2. The summed E-state index contributed by atoms with van der Waals surface area (Å²) in [7, 11) is 0.591. The van der Waals surface area contributed by atoms with Crippen LogP contribution in [0.25, 0.3) is 0 Å². The van der Waals surface area contributed by atoms with Crippen molar-refractivity contribution in [2.75, 3.05) is 0 Å². The van der Waals surface area contributed by atoms with Crippen molar-refractivity contribution in [2.24, 2.45) is 0 Å². The van der Waals surface area contributed by atoms with Crippen LogP contribution in [-0.4, -0.2) is 28.1 Å². The van der Waals surface area contributed by atoms with E-state index in [1.54, 1.807) is 0 Å². The summed E-state index contributed by atoms with van der Waals surface area (Å²) in [6.07, 6.45) is 0. The van der Waals surface area contributed by atoms with Crippen molar-refractivity contribution in [3.63, 3.8) is 0 Å². The van der Waals surface area contributed by atoms with Crippen molar-refractivity contribution in [1.29, 1.82) is 0 Å². The first kappa shape index (κ1) is 9.57. The van der Waals surface area contributed by atoms with E-state index in [9.17, 15) is 0 Å². The Balaban J connectivity index is 3.47. The zero-order chi connectivity index (χ0) is 7.49. The van der Waals surface area contributed by atoms with Gasteiger partial charge in [0, 0.05) is 0 Å². The minimum absolute atomic E-state index is 1.01. The molecule has 0 saturated heterocycles. The third kappa shape index (κ3) is 6.46. The fourth-order valence-electron chi connectivity index (χ4n) is 0.452. The average molecular weight is 176 g/mol. The molecule has 0 saturated carbocycles.